The number of furan rings is 1. The Morgan fingerprint density at radius 3 is 2.44 bits per heavy atom. The molecule has 0 aliphatic heterocycles. The second-order valence-electron chi connectivity index (χ2n) is 6.09. The summed E-state index contributed by atoms with van der Waals surface area (Å²) in [5.74, 6) is -1.34. The van der Waals surface area contributed by atoms with Crippen LogP contribution in [-0.4, -0.2) is 60.9 Å². The lowest BCUT2D eigenvalue weighted by Gasteiger charge is -2.23. The van der Waals surface area contributed by atoms with Crippen LogP contribution in [0.15, 0.2) is 22.6 Å². The zero-order chi connectivity index (χ0) is 20.1. The fourth-order valence-electron chi connectivity index (χ4n) is 2.66. The molecule has 7 nitrogen and oxygen atoms in total. The van der Waals surface area contributed by atoms with E-state index in [-0.39, 0.29) is 18.2 Å². The van der Waals surface area contributed by atoms with Crippen molar-refractivity contribution in [2.75, 3.05) is 33.3 Å². The van der Waals surface area contributed by atoms with Crippen molar-refractivity contribution in [2.24, 2.45) is 0 Å². The molecule has 27 heavy (non-hydrogen) atoms. The normalized spacial score (nSPS) is 10.7. The van der Waals surface area contributed by atoms with Gasteiger partial charge in [0, 0.05) is 36.1 Å². The van der Waals surface area contributed by atoms with Gasteiger partial charge in [0.15, 0.2) is 6.61 Å². The van der Waals surface area contributed by atoms with Crippen LogP contribution in [0.5, 0.6) is 0 Å². The summed E-state index contributed by atoms with van der Waals surface area (Å²) in [6, 6.07) is 5.02. The Bertz CT molecular complexity index is 857. The molecule has 0 aliphatic carbocycles. The first-order valence-corrected chi connectivity index (χ1v) is 9.03. The van der Waals surface area contributed by atoms with E-state index >= 15 is 0 Å². The molecule has 0 N–H and O–H groups in total. The van der Waals surface area contributed by atoms with Gasteiger partial charge >= 0.3 is 5.97 Å². The summed E-state index contributed by atoms with van der Waals surface area (Å²) in [5, 5.41) is 1.24. The Kier molecular flexibility index (Phi) is 6.85. The molecule has 0 radical (unpaired) electrons. The largest absolute Gasteiger partial charge is 0.450 e. The van der Waals surface area contributed by atoms with Gasteiger partial charge in [-0.1, -0.05) is 11.6 Å². The maximum Gasteiger partial charge on any atom is 0.375 e. The molecule has 0 unspecified atom stereocenters. The minimum atomic E-state index is -0.739. The molecule has 8 heteroatoms. The number of carbonyl (C=O) groups is 3. The summed E-state index contributed by atoms with van der Waals surface area (Å²) in [4.78, 5) is 39.3. The summed E-state index contributed by atoms with van der Waals surface area (Å²) in [6.07, 6.45) is 0. The molecule has 0 fully saturated rings. The number of halogens is 1. The van der Waals surface area contributed by atoms with Gasteiger partial charge in [-0.2, -0.15) is 0 Å². The maximum absolute atomic E-state index is 12.3. The molecule has 2 amide bonds. The second-order valence-corrected chi connectivity index (χ2v) is 6.53. The lowest BCUT2D eigenvalue weighted by molar-refractivity contribution is -0.140. The number of nitrogens with zero attached hydrogens (tertiary/aromatic N) is 2. The van der Waals surface area contributed by atoms with Gasteiger partial charge in [0.1, 0.15) is 5.58 Å². The molecule has 0 saturated heterocycles. The number of amides is 2. The Hall–Kier alpha value is -2.54. The molecule has 1 aromatic heterocycles. The molecular weight excluding hydrogens is 372 g/mol. The van der Waals surface area contributed by atoms with Crippen LogP contribution in [0, 0.1) is 6.92 Å². The van der Waals surface area contributed by atoms with Gasteiger partial charge in [-0.3, -0.25) is 9.59 Å². The van der Waals surface area contributed by atoms with Crippen LogP contribution >= 0.6 is 11.6 Å². The smallest absolute Gasteiger partial charge is 0.375 e. The van der Waals surface area contributed by atoms with Crippen LogP contribution in [0.3, 0.4) is 0 Å². The molecule has 0 saturated carbocycles. The average molecular weight is 395 g/mol. The first-order valence-electron chi connectivity index (χ1n) is 8.65. The van der Waals surface area contributed by atoms with E-state index in [1.807, 2.05) is 13.8 Å². The first kappa shape index (κ1) is 20.8. The second kappa shape index (κ2) is 8.90. The lowest BCUT2D eigenvalue weighted by Crippen LogP contribution is -2.42. The molecule has 0 aliphatic rings. The van der Waals surface area contributed by atoms with Gasteiger partial charge in [-0.25, -0.2) is 4.79 Å². The van der Waals surface area contributed by atoms with Crippen LogP contribution in [0.1, 0.15) is 30.0 Å². The summed E-state index contributed by atoms with van der Waals surface area (Å²) >= 11 is 5.96. The van der Waals surface area contributed by atoms with Crippen molar-refractivity contribution in [3.8, 4) is 0 Å². The van der Waals surface area contributed by atoms with E-state index in [0.717, 1.165) is 0 Å². The minimum Gasteiger partial charge on any atom is -0.450 e. The third kappa shape index (κ3) is 4.80. The summed E-state index contributed by atoms with van der Waals surface area (Å²) < 4.78 is 10.6. The van der Waals surface area contributed by atoms with Gasteiger partial charge < -0.3 is 19.0 Å². The minimum absolute atomic E-state index is 0.0296. The van der Waals surface area contributed by atoms with Crippen molar-refractivity contribution < 1.29 is 23.5 Å². The number of rotatable bonds is 7. The van der Waals surface area contributed by atoms with Crippen molar-refractivity contribution >= 4 is 40.4 Å². The van der Waals surface area contributed by atoms with Crippen LogP contribution < -0.4 is 0 Å². The van der Waals surface area contributed by atoms with E-state index in [4.69, 9.17) is 20.8 Å². The van der Waals surface area contributed by atoms with Gasteiger partial charge in [-0.05, 0) is 39.0 Å². The highest BCUT2D eigenvalue weighted by atomic mass is 35.5. The summed E-state index contributed by atoms with van der Waals surface area (Å²) in [5.41, 5.74) is 1.10. The van der Waals surface area contributed by atoms with Crippen molar-refractivity contribution in [1.29, 1.82) is 0 Å². The highest BCUT2D eigenvalue weighted by Gasteiger charge is 2.22. The van der Waals surface area contributed by atoms with Crippen molar-refractivity contribution in [1.82, 2.24) is 9.80 Å². The van der Waals surface area contributed by atoms with E-state index in [2.05, 4.69) is 0 Å². The van der Waals surface area contributed by atoms with Gasteiger partial charge in [-0.15, -0.1) is 0 Å². The Balaban J connectivity index is 1.98. The number of likely N-dealkylation sites (N-methyl/N-ethyl adjacent to an activating group) is 2. The molecule has 1 aromatic carbocycles. The number of benzene rings is 1. The Morgan fingerprint density at radius 1 is 1.15 bits per heavy atom. The molecule has 0 spiro atoms. The number of hydrogen-bond acceptors (Lipinski definition) is 5. The van der Waals surface area contributed by atoms with E-state index in [9.17, 15) is 14.4 Å². The van der Waals surface area contributed by atoms with Gasteiger partial charge in [0.05, 0.1) is 6.54 Å². The molecule has 2 rings (SSSR count). The van der Waals surface area contributed by atoms with Crippen LogP contribution in [0.4, 0.5) is 0 Å². The van der Waals surface area contributed by atoms with Crippen molar-refractivity contribution in [3.63, 3.8) is 0 Å². The highest BCUT2D eigenvalue weighted by molar-refractivity contribution is 6.31. The molecule has 2 aromatic rings. The topological polar surface area (TPSA) is 80.1 Å². The fourth-order valence-corrected chi connectivity index (χ4v) is 2.83. The Labute approximate surface area is 162 Å². The molecular formula is C19H23ClN2O5. The van der Waals surface area contributed by atoms with Crippen LogP contribution in [0.25, 0.3) is 11.0 Å². The number of hydrogen-bond donors (Lipinski definition) is 0. The summed E-state index contributed by atoms with van der Waals surface area (Å²) in [7, 11) is 1.49. The molecule has 0 bridgehead atoms. The van der Waals surface area contributed by atoms with Crippen molar-refractivity contribution in [2.45, 2.75) is 20.8 Å². The first-order chi connectivity index (χ1) is 12.8. The average Bonchev–Trinajstić information content (AvgIpc) is 2.96. The lowest BCUT2D eigenvalue weighted by atomic mass is 10.1. The number of esters is 1. The predicted octanol–water partition coefficient (Wildman–Crippen LogP) is 2.88. The predicted molar refractivity (Wildman–Crippen MR) is 102 cm³/mol. The number of ether oxygens (including phenoxy) is 1. The quantitative estimate of drug-likeness (QED) is 0.674. The highest BCUT2D eigenvalue weighted by Crippen LogP contribution is 2.28. The summed E-state index contributed by atoms with van der Waals surface area (Å²) in [6.45, 7) is 6.05. The molecule has 146 valence electrons. The number of fused-ring (bicyclic) bond motifs is 1. The van der Waals surface area contributed by atoms with E-state index in [0.29, 0.717) is 34.6 Å². The monoisotopic (exact) mass is 394 g/mol. The zero-order valence-corrected chi connectivity index (χ0v) is 16.6. The third-order valence-electron chi connectivity index (χ3n) is 4.32. The third-order valence-corrected chi connectivity index (χ3v) is 4.56. The van der Waals surface area contributed by atoms with Crippen LogP contribution in [0.2, 0.25) is 5.02 Å². The Morgan fingerprint density at radius 2 is 1.81 bits per heavy atom. The van der Waals surface area contributed by atoms with E-state index in [1.54, 1.807) is 30.0 Å². The number of aryl methyl sites for hydroxylation is 1. The van der Waals surface area contributed by atoms with Gasteiger partial charge in [0.25, 0.3) is 5.91 Å². The van der Waals surface area contributed by atoms with Crippen molar-refractivity contribution in [3.05, 3.63) is 34.5 Å². The number of carbonyl (C=O) groups excluding carboxylic acids is 3. The fraction of sp³-hybridized carbons (Fsp3) is 0.421. The maximum atomic E-state index is 12.3. The molecule has 1 heterocycles. The van der Waals surface area contributed by atoms with E-state index < -0.39 is 18.5 Å². The zero-order valence-electron chi connectivity index (χ0n) is 15.9. The molecule has 0 atom stereocenters. The van der Waals surface area contributed by atoms with Crippen LogP contribution in [-0.2, 0) is 14.3 Å². The van der Waals surface area contributed by atoms with E-state index in [1.165, 1.54) is 11.9 Å². The SMILES string of the molecule is CCN(CC)C(=O)CN(C)C(=O)COC(=O)c1oc2ccc(Cl)cc2c1C. The van der Waals surface area contributed by atoms with Gasteiger partial charge in [0.2, 0.25) is 11.7 Å². The standard InChI is InChI=1S/C19H23ClN2O5/c1-5-22(6-2)16(23)10-21(4)17(24)11-26-19(25)18-12(3)14-9-13(20)7-8-15(14)27-18/h7-9H,5-6,10-11H2,1-4H3.